The van der Waals surface area contributed by atoms with Crippen LogP contribution >= 0.6 is 23.1 Å². The van der Waals surface area contributed by atoms with Gasteiger partial charge in [-0.1, -0.05) is 25.1 Å². The minimum Gasteiger partial charge on any atom is -0.472 e. The van der Waals surface area contributed by atoms with Crippen LogP contribution in [0.25, 0.3) is 0 Å². The summed E-state index contributed by atoms with van der Waals surface area (Å²) in [5.74, 6) is 0.688. The highest BCUT2D eigenvalue weighted by Gasteiger charge is 2.34. The third kappa shape index (κ3) is 3.81. The van der Waals surface area contributed by atoms with Crippen LogP contribution in [0.4, 0.5) is 0 Å². The lowest BCUT2D eigenvalue weighted by Crippen LogP contribution is -2.41. The average molecular weight is 373 g/mol. The number of thioether (sulfide) groups is 1. The van der Waals surface area contributed by atoms with Crippen molar-refractivity contribution in [3.8, 4) is 0 Å². The fourth-order valence-corrected chi connectivity index (χ4v) is 4.23. The molecule has 0 saturated heterocycles. The molecule has 3 rings (SSSR count). The summed E-state index contributed by atoms with van der Waals surface area (Å²) >= 11 is 3.06. The SMILES string of the molecule is CCSc1ccccc1C(=O)NCC(O)(c1ccoc1)c1cccs1. The van der Waals surface area contributed by atoms with Gasteiger partial charge in [0.15, 0.2) is 0 Å². The van der Waals surface area contributed by atoms with Crippen molar-refractivity contribution in [1.82, 2.24) is 5.32 Å². The van der Waals surface area contributed by atoms with E-state index in [0.29, 0.717) is 11.1 Å². The van der Waals surface area contributed by atoms with Gasteiger partial charge in [-0.3, -0.25) is 4.79 Å². The largest absolute Gasteiger partial charge is 0.472 e. The third-order valence-electron chi connectivity index (χ3n) is 3.86. The Labute approximate surface area is 154 Å². The molecule has 130 valence electrons. The number of hydrogen-bond donors (Lipinski definition) is 2. The van der Waals surface area contributed by atoms with Gasteiger partial charge in [-0.05, 0) is 35.4 Å². The van der Waals surface area contributed by atoms with Crippen LogP contribution < -0.4 is 5.32 Å². The van der Waals surface area contributed by atoms with E-state index in [2.05, 4.69) is 5.32 Å². The van der Waals surface area contributed by atoms with Crippen molar-refractivity contribution >= 4 is 29.0 Å². The Kier molecular flexibility index (Phi) is 5.63. The zero-order chi connectivity index (χ0) is 17.7. The first-order valence-corrected chi connectivity index (χ1v) is 9.80. The summed E-state index contributed by atoms with van der Waals surface area (Å²) in [5.41, 5.74) is -0.0783. The number of hydrogen-bond acceptors (Lipinski definition) is 5. The van der Waals surface area contributed by atoms with Crippen LogP contribution in [0.1, 0.15) is 27.7 Å². The highest BCUT2D eigenvalue weighted by Crippen LogP contribution is 2.33. The standard InChI is InChI=1S/C19H19NO3S2/c1-2-24-16-7-4-3-6-15(16)18(21)20-13-19(22,14-9-10-23-12-14)17-8-5-11-25-17/h3-12,22H,2,13H2,1H3,(H,20,21). The van der Waals surface area contributed by atoms with E-state index >= 15 is 0 Å². The number of amides is 1. The highest BCUT2D eigenvalue weighted by molar-refractivity contribution is 7.99. The van der Waals surface area contributed by atoms with Gasteiger partial charge in [0.2, 0.25) is 0 Å². The molecule has 2 heterocycles. The Balaban J connectivity index is 1.82. The summed E-state index contributed by atoms with van der Waals surface area (Å²) in [6.07, 6.45) is 3.02. The van der Waals surface area contributed by atoms with Crippen molar-refractivity contribution in [3.63, 3.8) is 0 Å². The molecule has 1 atom stereocenters. The lowest BCUT2D eigenvalue weighted by atomic mass is 9.94. The number of nitrogens with one attached hydrogen (secondary N) is 1. The van der Waals surface area contributed by atoms with E-state index in [4.69, 9.17) is 4.42 Å². The number of thiophene rings is 1. The second kappa shape index (κ2) is 7.91. The first kappa shape index (κ1) is 17.8. The molecule has 2 N–H and O–H groups in total. The normalized spacial score (nSPS) is 13.4. The predicted molar refractivity (Wildman–Crippen MR) is 101 cm³/mol. The molecule has 6 heteroatoms. The van der Waals surface area contributed by atoms with Crippen molar-refractivity contribution < 1.29 is 14.3 Å². The number of aliphatic hydroxyl groups is 1. The number of rotatable bonds is 7. The molecule has 0 saturated carbocycles. The monoisotopic (exact) mass is 373 g/mol. The van der Waals surface area contributed by atoms with Gasteiger partial charge in [-0.15, -0.1) is 23.1 Å². The molecule has 0 aliphatic carbocycles. The van der Waals surface area contributed by atoms with E-state index in [9.17, 15) is 9.90 Å². The Hall–Kier alpha value is -2.02. The summed E-state index contributed by atoms with van der Waals surface area (Å²) in [6.45, 7) is 2.12. The summed E-state index contributed by atoms with van der Waals surface area (Å²) in [6, 6.07) is 12.9. The van der Waals surface area contributed by atoms with E-state index < -0.39 is 5.60 Å². The molecule has 0 radical (unpaired) electrons. The number of carbonyl (C=O) groups is 1. The number of benzene rings is 1. The van der Waals surface area contributed by atoms with Crippen LogP contribution in [0.5, 0.6) is 0 Å². The molecule has 0 aliphatic rings. The van der Waals surface area contributed by atoms with E-state index in [1.807, 2.05) is 42.6 Å². The first-order valence-electron chi connectivity index (χ1n) is 7.94. The van der Waals surface area contributed by atoms with Crippen molar-refractivity contribution in [2.75, 3.05) is 12.3 Å². The van der Waals surface area contributed by atoms with Gasteiger partial charge in [-0.2, -0.15) is 0 Å². The number of carbonyl (C=O) groups excluding carboxylic acids is 1. The zero-order valence-electron chi connectivity index (χ0n) is 13.8. The van der Waals surface area contributed by atoms with Gasteiger partial charge >= 0.3 is 0 Å². The molecular weight excluding hydrogens is 354 g/mol. The van der Waals surface area contributed by atoms with Crippen molar-refractivity contribution in [2.45, 2.75) is 17.4 Å². The van der Waals surface area contributed by atoms with Crippen molar-refractivity contribution in [1.29, 1.82) is 0 Å². The topological polar surface area (TPSA) is 62.5 Å². The van der Waals surface area contributed by atoms with Gasteiger partial charge in [0.05, 0.1) is 24.6 Å². The van der Waals surface area contributed by atoms with E-state index in [1.54, 1.807) is 23.9 Å². The zero-order valence-corrected chi connectivity index (χ0v) is 15.4. The maximum atomic E-state index is 12.7. The molecule has 1 unspecified atom stereocenters. The lowest BCUT2D eigenvalue weighted by molar-refractivity contribution is 0.0713. The minimum atomic E-state index is -1.32. The Morgan fingerprint density at radius 2 is 2.12 bits per heavy atom. The van der Waals surface area contributed by atoms with Crippen LogP contribution in [0.2, 0.25) is 0 Å². The molecule has 1 amide bonds. The maximum absolute atomic E-state index is 12.7. The molecule has 3 aromatic rings. The van der Waals surface area contributed by atoms with Crippen LogP contribution in [0.3, 0.4) is 0 Å². The minimum absolute atomic E-state index is 0.0665. The fraction of sp³-hybridized carbons (Fsp3) is 0.211. The van der Waals surface area contributed by atoms with Crippen molar-refractivity contribution in [3.05, 3.63) is 76.4 Å². The summed E-state index contributed by atoms with van der Waals surface area (Å²) in [5, 5.41) is 16.0. The maximum Gasteiger partial charge on any atom is 0.252 e. The highest BCUT2D eigenvalue weighted by atomic mass is 32.2. The van der Waals surface area contributed by atoms with E-state index in [-0.39, 0.29) is 12.5 Å². The third-order valence-corrected chi connectivity index (χ3v) is 5.84. The van der Waals surface area contributed by atoms with Crippen LogP contribution in [0, 0.1) is 0 Å². The molecule has 0 aliphatic heterocycles. The molecule has 0 spiro atoms. The molecule has 2 aromatic heterocycles. The Bertz CT molecular complexity index is 779. The predicted octanol–water partition coefficient (Wildman–Crippen LogP) is 4.12. The smallest absolute Gasteiger partial charge is 0.252 e. The average Bonchev–Trinajstić information content (AvgIpc) is 3.34. The van der Waals surface area contributed by atoms with Gasteiger partial charge in [-0.25, -0.2) is 0 Å². The molecule has 1 aromatic carbocycles. The van der Waals surface area contributed by atoms with Crippen LogP contribution in [-0.2, 0) is 5.60 Å². The Morgan fingerprint density at radius 3 is 2.80 bits per heavy atom. The second-order valence-corrected chi connectivity index (χ2v) is 7.71. The first-order chi connectivity index (χ1) is 12.1. The Morgan fingerprint density at radius 1 is 1.28 bits per heavy atom. The second-order valence-electron chi connectivity index (χ2n) is 5.46. The molecule has 25 heavy (non-hydrogen) atoms. The summed E-state index contributed by atoms with van der Waals surface area (Å²) < 4.78 is 5.13. The van der Waals surface area contributed by atoms with Gasteiger partial charge < -0.3 is 14.8 Å². The lowest BCUT2D eigenvalue weighted by Gasteiger charge is -2.26. The van der Waals surface area contributed by atoms with E-state index in [1.165, 1.54) is 23.9 Å². The fourth-order valence-electron chi connectivity index (χ4n) is 2.58. The summed E-state index contributed by atoms with van der Waals surface area (Å²) in [7, 11) is 0. The molecular formula is C19H19NO3S2. The molecule has 0 bridgehead atoms. The summed E-state index contributed by atoms with van der Waals surface area (Å²) in [4.78, 5) is 14.4. The molecule has 0 fully saturated rings. The molecule has 4 nitrogen and oxygen atoms in total. The quantitative estimate of drug-likeness (QED) is 0.612. The van der Waals surface area contributed by atoms with E-state index in [0.717, 1.165) is 15.5 Å². The number of furan rings is 1. The van der Waals surface area contributed by atoms with Crippen molar-refractivity contribution in [2.24, 2.45) is 0 Å². The van der Waals surface area contributed by atoms with Crippen LogP contribution in [-0.4, -0.2) is 23.3 Å². The van der Waals surface area contributed by atoms with Gasteiger partial charge in [0.25, 0.3) is 5.91 Å². The van der Waals surface area contributed by atoms with Gasteiger partial charge in [0, 0.05) is 15.3 Å². The van der Waals surface area contributed by atoms with Crippen LogP contribution in [0.15, 0.2) is 69.7 Å². The van der Waals surface area contributed by atoms with Gasteiger partial charge in [0.1, 0.15) is 5.60 Å².